The Bertz CT molecular complexity index is 927. The van der Waals surface area contributed by atoms with Gasteiger partial charge in [0.2, 0.25) is 15.9 Å². The van der Waals surface area contributed by atoms with Gasteiger partial charge in [0.25, 0.3) is 0 Å². The van der Waals surface area contributed by atoms with Crippen LogP contribution in [-0.2, 0) is 21.2 Å². The van der Waals surface area contributed by atoms with Crippen LogP contribution in [0.3, 0.4) is 0 Å². The Morgan fingerprint density at radius 3 is 2.30 bits per heavy atom. The van der Waals surface area contributed by atoms with E-state index in [4.69, 9.17) is 23.2 Å². The fourth-order valence-electron chi connectivity index (χ4n) is 2.60. The number of sulfonamides is 1. The number of hydrogen-bond acceptors (Lipinski definition) is 3. The molecule has 0 aliphatic heterocycles. The minimum atomic E-state index is -4.11. The van der Waals surface area contributed by atoms with Crippen molar-refractivity contribution >= 4 is 55.1 Å². The molecule has 1 amide bonds. The summed E-state index contributed by atoms with van der Waals surface area (Å²) in [5, 5.41) is 2.80. The molecule has 2 aromatic rings. The molecule has 1 saturated carbocycles. The van der Waals surface area contributed by atoms with Gasteiger partial charge in [-0.15, -0.1) is 0 Å². The molecular formula is C18H17BrCl2N2O3S. The molecule has 0 aromatic heterocycles. The van der Waals surface area contributed by atoms with Crippen molar-refractivity contribution in [2.24, 2.45) is 0 Å². The fraction of sp³-hybridized carbons (Fsp3) is 0.278. The van der Waals surface area contributed by atoms with E-state index in [1.807, 2.05) is 30.3 Å². The quantitative estimate of drug-likeness (QED) is 0.616. The summed E-state index contributed by atoms with van der Waals surface area (Å²) in [5.74, 6) is -0.366. The predicted molar refractivity (Wildman–Crippen MR) is 110 cm³/mol. The second-order valence-electron chi connectivity index (χ2n) is 6.35. The highest BCUT2D eigenvalue weighted by Crippen LogP contribution is 2.33. The maximum absolute atomic E-state index is 12.9. The summed E-state index contributed by atoms with van der Waals surface area (Å²) in [6, 6.07) is 11.2. The van der Waals surface area contributed by atoms with Crippen molar-refractivity contribution in [3.63, 3.8) is 0 Å². The average molecular weight is 492 g/mol. The van der Waals surface area contributed by atoms with Gasteiger partial charge in [-0.05, 0) is 37.0 Å². The Hall–Kier alpha value is -1.12. The molecule has 1 aliphatic carbocycles. The van der Waals surface area contributed by atoms with Crippen LogP contribution in [0, 0.1) is 0 Å². The highest BCUT2D eigenvalue weighted by Gasteiger charge is 2.32. The van der Waals surface area contributed by atoms with Gasteiger partial charge in [-0.2, -0.15) is 4.72 Å². The van der Waals surface area contributed by atoms with E-state index in [1.165, 1.54) is 12.1 Å². The minimum Gasteiger partial charge on any atom is -0.352 e. The first-order valence-corrected chi connectivity index (χ1v) is 11.3. The summed E-state index contributed by atoms with van der Waals surface area (Å²) >= 11 is 15.4. The smallest absolute Gasteiger partial charge is 0.244 e. The number of amides is 1. The zero-order chi connectivity index (χ0) is 19.6. The Morgan fingerprint density at radius 1 is 1.15 bits per heavy atom. The molecule has 3 rings (SSSR count). The van der Waals surface area contributed by atoms with Gasteiger partial charge in [0.15, 0.2) is 0 Å². The molecule has 1 unspecified atom stereocenters. The highest BCUT2D eigenvalue weighted by atomic mass is 79.9. The van der Waals surface area contributed by atoms with E-state index in [9.17, 15) is 13.2 Å². The molecule has 0 bridgehead atoms. The van der Waals surface area contributed by atoms with Crippen LogP contribution in [0.5, 0.6) is 0 Å². The van der Waals surface area contributed by atoms with E-state index in [-0.39, 0.29) is 33.3 Å². The SMILES string of the molecule is O=C(NC1CC1)C(Cc1ccccc1)NS(=O)(=O)c1c(Cl)cc(Br)cc1Cl. The van der Waals surface area contributed by atoms with Crippen LogP contribution in [0.15, 0.2) is 51.8 Å². The molecule has 0 spiro atoms. The van der Waals surface area contributed by atoms with Crippen LogP contribution in [0.4, 0.5) is 0 Å². The molecule has 144 valence electrons. The largest absolute Gasteiger partial charge is 0.352 e. The maximum atomic E-state index is 12.9. The molecule has 2 N–H and O–H groups in total. The second-order valence-corrected chi connectivity index (χ2v) is 9.73. The third-order valence-electron chi connectivity index (χ3n) is 4.05. The molecule has 5 nitrogen and oxygen atoms in total. The van der Waals surface area contributed by atoms with Crippen molar-refractivity contribution < 1.29 is 13.2 Å². The van der Waals surface area contributed by atoms with Gasteiger partial charge in [-0.1, -0.05) is 69.5 Å². The lowest BCUT2D eigenvalue weighted by molar-refractivity contribution is -0.122. The summed E-state index contributed by atoms with van der Waals surface area (Å²) in [7, 11) is -4.11. The maximum Gasteiger partial charge on any atom is 0.244 e. The van der Waals surface area contributed by atoms with Gasteiger partial charge >= 0.3 is 0 Å². The summed E-state index contributed by atoms with van der Waals surface area (Å²) in [4.78, 5) is 12.4. The number of benzene rings is 2. The van der Waals surface area contributed by atoms with Crippen LogP contribution in [0.25, 0.3) is 0 Å². The van der Waals surface area contributed by atoms with Crippen LogP contribution in [0.2, 0.25) is 10.0 Å². The topological polar surface area (TPSA) is 75.3 Å². The fourth-order valence-corrected chi connectivity index (χ4v) is 5.73. The van der Waals surface area contributed by atoms with E-state index >= 15 is 0 Å². The summed E-state index contributed by atoms with van der Waals surface area (Å²) < 4.78 is 28.9. The molecule has 1 atom stereocenters. The molecule has 0 saturated heterocycles. The molecule has 27 heavy (non-hydrogen) atoms. The van der Waals surface area contributed by atoms with E-state index in [2.05, 4.69) is 26.0 Å². The van der Waals surface area contributed by atoms with Crippen LogP contribution < -0.4 is 10.0 Å². The zero-order valence-corrected chi connectivity index (χ0v) is 18.0. The van der Waals surface area contributed by atoms with Crippen molar-refractivity contribution in [2.75, 3.05) is 0 Å². The van der Waals surface area contributed by atoms with Crippen molar-refractivity contribution in [3.8, 4) is 0 Å². The Labute approximate surface area is 176 Å². The van der Waals surface area contributed by atoms with Gasteiger partial charge < -0.3 is 5.32 Å². The number of carbonyl (C=O) groups excluding carboxylic acids is 1. The third kappa shape index (κ3) is 5.45. The van der Waals surface area contributed by atoms with Crippen molar-refractivity contribution in [3.05, 3.63) is 62.5 Å². The summed E-state index contributed by atoms with van der Waals surface area (Å²) in [5.41, 5.74) is 0.837. The second kappa shape index (κ2) is 8.49. The van der Waals surface area contributed by atoms with E-state index in [1.54, 1.807) is 0 Å². The normalized spacial score (nSPS) is 15.4. The molecule has 0 radical (unpaired) electrons. The third-order valence-corrected chi connectivity index (χ3v) is 6.90. The summed E-state index contributed by atoms with van der Waals surface area (Å²) in [6.45, 7) is 0. The van der Waals surface area contributed by atoms with E-state index in [0.717, 1.165) is 18.4 Å². The van der Waals surface area contributed by atoms with Gasteiger partial charge in [-0.3, -0.25) is 4.79 Å². The van der Waals surface area contributed by atoms with Gasteiger partial charge in [0.1, 0.15) is 10.9 Å². The predicted octanol–water partition coefficient (Wildman–Crippen LogP) is 3.92. The van der Waals surface area contributed by atoms with Gasteiger partial charge in [0.05, 0.1) is 10.0 Å². The van der Waals surface area contributed by atoms with E-state index < -0.39 is 16.1 Å². The number of carbonyl (C=O) groups is 1. The van der Waals surface area contributed by atoms with Gasteiger partial charge in [-0.25, -0.2) is 8.42 Å². The lowest BCUT2D eigenvalue weighted by Gasteiger charge is -2.19. The van der Waals surface area contributed by atoms with Crippen LogP contribution in [0.1, 0.15) is 18.4 Å². The lowest BCUT2D eigenvalue weighted by Crippen LogP contribution is -2.48. The number of rotatable bonds is 7. The molecule has 2 aromatic carbocycles. The zero-order valence-electron chi connectivity index (χ0n) is 14.1. The number of nitrogens with one attached hydrogen (secondary N) is 2. The molecule has 9 heteroatoms. The first-order valence-electron chi connectivity index (χ1n) is 8.27. The number of hydrogen-bond donors (Lipinski definition) is 2. The molecule has 1 aliphatic rings. The average Bonchev–Trinajstić information content (AvgIpc) is 3.37. The molecule has 1 fully saturated rings. The first-order chi connectivity index (χ1) is 12.8. The Balaban J connectivity index is 1.89. The lowest BCUT2D eigenvalue weighted by atomic mass is 10.1. The Kier molecular flexibility index (Phi) is 6.48. The summed E-state index contributed by atoms with van der Waals surface area (Å²) in [6.07, 6.45) is 2.02. The van der Waals surface area contributed by atoms with Crippen molar-refractivity contribution in [1.29, 1.82) is 0 Å². The van der Waals surface area contributed by atoms with Crippen molar-refractivity contribution in [2.45, 2.75) is 36.2 Å². The monoisotopic (exact) mass is 490 g/mol. The van der Waals surface area contributed by atoms with Gasteiger partial charge in [0, 0.05) is 10.5 Å². The minimum absolute atomic E-state index is 0.0251. The Morgan fingerprint density at radius 2 is 1.74 bits per heavy atom. The van der Waals surface area contributed by atoms with Crippen LogP contribution in [-0.4, -0.2) is 26.4 Å². The van der Waals surface area contributed by atoms with E-state index in [0.29, 0.717) is 4.47 Å². The standard InChI is InChI=1S/C18H17BrCl2N2O3S/c19-12-9-14(20)17(15(21)10-12)27(25,26)23-16(18(24)22-13-6-7-13)8-11-4-2-1-3-5-11/h1-5,9-10,13,16,23H,6-8H2,(H,22,24). The number of halogens is 3. The first kappa shape index (κ1) is 20.6. The van der Waals surface area contributed by atoms with Crippen molar-refractivity contribution in [1.82, 2.24) is 10.0 Å². The highest BCUT2D eigenvalue weighted by molar-refractivity contribution is 9.10. The van der Waals surface area contributed by atoms with Crippen LogP contribution >= 0.6 is 39.1 Å². The molecular weight excluding hydrogens is 475 g/mol. The molecule has 0 heterocycles.